The molecule has 140 valence electrons. The van der Waals surface area contributed by atoms with Crippen molar-refractivity contribution < 1.29 is 4.74 Å². The Morgan fingerprint density at radius 1 is 1.04 bits per heavy atom. The van der Waals surface area contributed by atoms with Crippen LogP contribution in [0.1, 0.15) is 18.2 Å². The van der Waals surface area contributed by atoms with Crippen molar-refractivity contribution in [2.75, 3.05) is 13.7 Å². The first kappa shape index (κ1) is 18.5. The number of ether oxygens (including phenoxy) is 1. The molecule has 0 aliphatic heterocycles. The molecule has 6 nitrogen and oxygen atoms in total. The molecular weight excluding hydrogens is 338 g/mol. The fraction of sp³-hybridized carbons (Fsp3) is 0.238. The largest absolute Gasteiger partial charge is 0.497 e. The Morgan fingerprint density at radius 2 is 1.81 bits per heavy atom. The van der Waals surface area contributed by atoms with Crippen LogP contribution in [-0.4, -0.2) is 29.4 Å². The molecule has 0 saturated carbocycles. The molecule has 0 aliphatic rings. The molecule has 2 aromatic carbocycles. The molecule has 0 radical (unpaired) electrons. The number of guanidine groups is 1. The summed E-state index contributed by atoms with van der Waals surface area (Å²) in [6.07, 6.45) is 1.95. The van der Waals surface area contributed by atoms with Crippen molar-refractivity contribution in [2.45, 2.75) is 20.0 Å². The predicted molar refractivity (Wildman–Crippen MR) is 108 cm³/mol. The van der Waals surface area contributed by atoms with E-state index >= 15 is 0 Å². The van der Waals surface area contributed by atoms with Crippen LogP contribution in [0.3, 0.4) is 0 Å². The molecular formula is C21H25N5O. The van der Waals surface area contributed by atoms with Gasteiger partial charge in [0.25, 0.3) is 0 Å². The quantitative estimate of drug-likeness (QED) is 0.500. The van der Waals surface area contributed by atoms with Gasteiger partial charge in [0, 0.05) is 12.7 Å². The summed E-state index contributed by atoms with van der Waals surface area (Å²) < 4.78 is 7.04. The first-order valence-electron chi connectivity index (χ1n) is 9.03. The molecule has 0 aliphatic carbocycles. The molecule has 0 fully saturated rings. The number of nitrogens with zero attached hydrogens (tertiary/aromatic N) is 3. The average molecular weight is 363 g/mol. The lowest BCUT2D eigenvalue weighted by Crippen LogP contribution is -2.36. The van der Waals surface area contributed by atoms with E-state index in [0.29, 0.717) is 13.1 Å². The van der Waals surface area contributed by atoms with Gasteiger partial charge >= 0.3 is 0 Å². The van der Waals surface area contributed by atoms with Crippen LogP contribution in [0.15, 0.2) is 71.9 Å². The zero-order chi connectivity index (χ0) is 18.9. The number of rotatable bonds is 7. The summed E-state index contributed by atoms with van der Waals surface area (Å²) in [4.78, 5) is 4.63. The second-order valence-electron chi connectivity index (χ2n) is 5.98. The lowest BCUT2D eigenvalue weighted by atomic mass is 10.2. The zero-order valence-electron chi connectivity index (χ0n) is 15.7. The maximum atomic E-state index is 5.19. The molecule has 0 atom stereocenters. The Morgan fingerprint density at radius 3 is 2.52 bits per heavy atom. The standard InChI is InChI=1S/C21H25N5O/c1-3-22-21(23-15-17-7-5-4-6-8-17)24-16-18-13-14-26(25-18)19-9-11-20(27-2)12-10-19/h4-14H,3,15-16H2,1-2H3,(H2,22,23,24). The van der Waals surface area contributed by atoms with Gasteiger partial charge in [-0.05, 0) is 42.8 Å². The van der Waals surface area contributed by atoms with Crippen molar-refractivity contribution in [1.29, 1.82) is 0 Å². The molecule has 3 rings (SSSR count). The van der Waals surface area contributed by atoms with Crippen LogP contribution < -0.4 is 15.4 Å². The highest BCUT2D eigenvalue weighted by Crippen LogP contribution is 2.14. The van der Waals surface area contributed by atoms with E-state index in [9.17, 15) is 0 Å². The first-order chi connectivity index (χ1) is 13.3. The minimum Gasteiger partial charge on any atom is -0.497 e. The highest BCUT2D eigenvalue weighted by molar-refractivity contribution is 5.79. The van der Waals surface area contributed by atoms with Crippen LogP contribution in [0, 0.1) is 0 Å². The van der Waals surface area contributed by atoms with Crippen LogP contribution in [0.2, 0.25) is 0 Å². The van der Waals surface area contributed by atoms with Crippen molar-refractivity contribution in [3.8, 4) is 11.4 Å². The van der Waals surface area contributed by atoms with E-state index in [1.807, 2.05) is 59.4 Å². The topological polar surface area (TPSA) is 63.5 Å². The predicted octanol–water partition coefficient (Wildman–Crippen LogP) is 3.14. The third kappa shape index (κ3) is 5.34. The number of hydrogen-bond acceptors (Lipinski definition) is 3. The maximum absolute atomic E-state index is 5.19. The van der Waals surface area contributed by atoms with Gasteiger partial charge in [-0.25, -0.2) is 9.67 Å². The van der Waals surface area contributed by atoms with Gasteiger partial charge in [-0.15, -0.1) is 0 Å². The summed E-state index contributed by atoms with van der Waals surface area (Å²) in [5.74, 6) is 1.61. The van der Waals surface area contributed by atoms with E-state index in [0.717, 1.165) is 29.6 Å². The molecule has 0 amide bonds. The second-order valence-corrected chi connectivity index (χ2v) is 5.98. The zero-order valence-corrected chi connectivity index (χ0v) is 15.7. The van der Waals surface area contributed by atoms with Crippen molar-refractivity contribution in [2.24, 2.45) is 4.99 Å². The van der Waals surface area contributed by atoms with E-state index < -0.39 is 0 Å². The second kappa shape index (κ2) is 9.43. The van der Waals surface area contributed by atoms with E-state index in [2.05, 4.69) is 39.8 Å². The first-order valence-corrected chi connectivity index (χ1v) is 9.03. The summed E-state index contributed by atoms with van der Waals surface area (Å²) in [5, 5.41) is 11.2. The maximum Gasteiger partial charge on any atom is 0.191 e. The summed E-state index contributed by atoms with van der Waals surface area (Å²) in [6.45, 7) is 4.10. The van der Waals surface area contributed by atoms with E-state index in [1.165, 1.54) is 5.56 Å². The fourth-order valence-corrected chi connectivity index (χ4v) is 2.60. The van der Waals surface area contributed by atoms with Gasteiger partial charge in [-0.2, -0.15) is 5.10 Å². The Bertz CT molecular complexity index is 856. The summed E-state index contributed by atoms with van der Waals surface area (Å²) >= 11 is 0. The third-order valence-corrected chi connectivity index (χ3v) is 4.03. The lowest BCUT2D eigenvalue weighted by molar-refractivity contribution is 0.414. The Kier molecular flexibility index (Phi) is 6.46. The Balaban J connectivity index is 1.61. The number of hydrogen-bond donors (Lipinski definition) is 2. The van der Waals surface area contributed by atoms with Crippen molar-refractivity contribution >= 4 is 5.96 Å². The molecule has 0 saturated heterocycles. The number of benzene rings is 2. The summed E-state index contributed by atoms with van der Waals surface area (Å²) in [7, 11) is 1.66. The molecule has 27 heavy (non-hydrogen) atoms. The number of aromatic nitrogens is 2. The smallest absolute Gasteiger partial charge is 0.191 e. The lowest BCUT2D eigenvalue weighted by Gasteiger charge is -2.10. The van der Waals surface area contributed by atoms with Crippen molar-refractivity contribution in [3.05, 3.63) is 78.1 Å². The van der Waals surface area contributed by atoms with Gasteiger partial charge in [0.05, 0.1) is 31.6 Å². The summed E-state index contributed by atoms with van der Waals surface area (Å²) in [5.41, 5.74) is 3.11. The van der Waals surface area contributed by atoms with Crippen molar-refractivity contribution in [1.82, 2.24) is 20.4 Å². The summed E-state index contributed by atoms with van der Waals surface area (Å²) in [6, 6.07) is 20.0. The average Bonchev–Trinajstić information content (AvgIpc) is 3.20. The Labute approximate surface area is 159 Å². The molecule has 1 heterocycles. The molecule has 0 spiro atoms. The number of nitrogens with one attached hydrogen (secondary N) is 2. The molecule has 1 aromatic heterocycles. The van der Waals surface area contributed by atoms with Gasteiger partial charge in [0.15, 0.2) is 5.96 Å². The van der Waals surface area contributed by atoms with Crippen LogP contribution >= 0.6 is 0 Å². The van der Waals surface area contributed by atoms with Gasteiger partial charge in [0.2, 0.25) is 0 Å². The Hall–Kier alpha value is -3.28. The minimum atomic E-state index is 0.601. The van der Waals surface area contributed by atoms with E-state index in [-0.39, 0.29) is 0 Å². The van der Waals surface area contributed by atoms with Crippen LogP contribution in [0.25, 0.3) is 5.69 Å². The number of methoxy groups -OCH3 is 1. The van der Waals surface area contributed by atoms with Crippen LogP contribution in [-0.2, 0) is 13.1 Å². The molecule has 6 heteroatoms. The highest BCUT2D eigenvalue weighted by Gasteiger charge is 2.04. The highest BCUT2D eigenvalue weighted by atomic mass is 16.5. The fourth-order valence-electron chi connectivity index (χ4n) is 2.60. The molecule has 0 unspecified atom stereocenters. The monoisotopic (exact) mass is 363 g/mol. The van der Waals surface area contributed by atoms with Gasteiger partial charge in [-0.3, -0.25) is 0 Å². The van der Waals surface area contributed by atoms with Crippen molar-refractivity contribution in [3.63, 3.8) is 0 Å². The minimum absolute atomic E-state index is 0.601. The normalized spacial score (nSPS) is 11.3. The van der Waals surface area contributed by atoms with E-state index in [4.69, 9.17) is 4.74 Å². The van der Waals surface area contributed by atoms with Gasteiger partial charge in [0.1, 0.15) is 5.75 Å². The van der Waals surface area contributed by atoms with Gasteiger partial charge in [-0.1, -0.05) is 30.3 Å². The molecule has 2 N–H and O–H groups in total. The molecule has 3 aromatic rings. The third-order valence-electron chi connectivity index (χ3n) is 4.03. The molecule has 0 bridgehead atoms. The van der Waals surface area contributed by atoms with Gasteiger partial charge < -0.3 is 15.4 Å². The van der Waals surface area contributed by atoms with Crippen LogP contribution in [0.4, 0.5) is 0 Å². The van der Waals surface area contributed by atoms with E-state index in [1.54, 1.807) is 7.11 Å². The SMILES string of the molecule is CCNC(=NCc1ccccc1)NCc1ccn(-c2ccc(OC)cc2)n1. The van der Waals surface area contributed by atoms with Crippen LogP contribution in [0.5, 0.6) is 5.75 Å². The number of aliphatic imine (C=N–C) groups is 1.